The minimum atomic E-state index is -0.114. The van der Waals surface area contributed by atoms with Crippen LogP contribution >= 0.6 is 0 Å². The lowest BCUT2D eigenvalue weighted by atomic mass is 10.2. The molecule has 0 bridgehead atoms. The fraction of sp³-hybridized carbons (Fsp3) is 0.571. The van der Waals surface area contributed by atoms with Crippen LogP contribution in [0.25, 0.3) is 0 Å². The Labute approximate surface area is 119 Å². The lowest BCUT2D eigenvalue weighted by Crippen LogP contribution is -2.47. The molecule has 20 heavy (non-hydrogen) atoms. The van der Waals surface area contributed by atoms with Gasteiger partial charge >= 0.3 is 0 Å². The van der Waals surface area contributed by atoms with Gasteiger partial charge in [-0.2, -0.15) is 0 Å². The Bertz CT molecular complexity index is 435. The van der Waals surface area contributed by atoms with E-state index in [1.165, 1.54) is 0 Å². The van der Waals surface area contributed by atoms with Crippen molar-refractivity contribution < 1.29 is 9.53 Å². The number of hydrogen-bond donors (Lipinski definition) is 2. The maximum Gasteiger partial charge on any atom is 0.252 e. The van der Waals surface area contributed by atoms with Gasteiger partial charge in [-0.05, 0) is 18.7 Å². The molecule has 1 fully saturated rings. The number of ether oxygens (including phenoxy) is 1. The molecule has 0 aliphatic carbocycles. The van der Waals surface area contributed by atoms with Gasteiger partial charge in [0.15, 0.2) is 0 Å². The summed E-state index contributed by atoms with van der Waals surface area (Å²) in [5, 5.41) is 5.82. The van der Waals surface area contributed by atoms with Crippen LogP contribution in [0.2, 0.25) is 0 Å². The van der Waals surface area contributed by atoms with Gasteiger partial charge in [0.2, 0.25) is 0 Å². The van der Waals surface area contributed by atoms with Crippen LogP contribution in [0.15, 0.2) is 18.3 Å². The number of morpholine rings is 1. The van der Waals surface area contributed by atoms with Crippen molar-refractivity contribution in [1.29, 1.82) is 0 Å². The van der Waals surface area contributed by atoms with Crippen molar-refractivity contribution in [2.75, 3.05) is 45.2 Å². The number of aromatic nitrogens is 1. The van der Waals surface area contributed by atoms with Crippen LogP contribution in [-0.2, 0) is 4.74 Å². The van der Waals surface area contributed by atoms with Crippen LogP contribution in [0.3, 0.4) is 0 Å². The second-order valence-electron chi connectivity index (χ2n) is 4.78. The average Bonchev–Trinajstić information content (AvgIpc) is 2.53. The summed E-state index contributed by atoms with van der Waals surface area (Å²) in [6, 6.07) is 3.54. The molecule has 1 atom stereocenters. The molecule has 1 amide bonds. The number of carbonyl (C=O) groups is 1. The summed E-state index contributed by atoms with van der Waals surface area (Å²) in [5.41, 5.74) is 0.562. The predicted octanol–water partition coefficient (Wildman–Crippen LogP) is 0.574. The van der Waals surface area contributed by atoms with Gasteiger partial charge in [-0.25, -0.2) is 4.98 Å². The van der Waals surface area contributed by atoms with Crippen molar-refractivity contribution in [2.45, 2.75) is 13.0 Å². The molecule has 0 spiro atoms. The summed E-state index contributed by atoms with van der Waals surface area (Å²) in [4.78, 5) is 18.4. The standard InChI is InChI=1S/C14H22N4O2/c1-3-18-6-7-20-12(10-18)9-17-14(19)11-4-5-13(15-2)16-8-11/h4-5,8,12H,3,6-7,9-10H2,1-2H3,(H,15,16)(H,17,19). The Balaban J connectivity index is 1.82. The normalized spacial score (nSPS) is 19.6. The Morgan fingerprint density at radius 3 is 3.05 bits per heavy atom. The Morgan fingerprint density at radius 1 is 1.55 bits per heavy atom. The minimum Gasteiger partial charge on any atom is -0.374 e. The maximum atomic E-state index is 12.0. The van der Waals surface area contributed by atoms with E-state index in [0.717, 1.165) is 32.1 Å². The van der Waals surface area contributed by atoms with Gasteiger partial charge in [0, 0.05) is 32.9 Å². The van der Waals surface area contributed by atoms with Crippen LogP contribution in [0, 0.1) is 0 Å². The molecule has 6 heteroatoms. The number of nitrogens with one attached hydrogen (secondary N) is 2. The van der Waals surface area contributed by atoms with Gasteiger partial charge in [0.05, 0.1) is 18.3 Å². The lowest BCUT2D eigenvalue weighted by Gasteiger charge is -2.32. The van der Waals surface area contributed by atoms with E-state index in [4.69, 9.17) is 4.74 Å². The molecule has 1 unspecified atom stereocenters. The third-order valence-corrected chi connectivity index (χ3v) is 3.44. The van der Waals surface area contributed by atoms with Crippen molar-refractivity contribution in [3.8, 4) is 0 Å². The monoisotopic (exact) mass is 278 g/mol. The number of pyridine rings is 1. The first-order valence-electron chi connectivity index (χ1n) is 6.99. The molecule has 0 saturated carbocycles. The highest BCUT2D eigenvalue weighted by atomic mass is 16.5. The van der Waals surface area contributed by atoms with Crippen LogP contribution in [0.1, 0.15) is 17.3 Å². The molecule has 1 aromatic heterocycles. The molecule has 0 radical (unpaired) electrons. The lowest BCUT2D eigenvalue weighted by molar-refractivity contribution is -0.0246. The van der Waals surface area contributed by atoms with Crippen LogP contribution < -0.4 is 10.6 Å². The molecule has 1 saturated heterocycles. The van der Waals surface area contributed by atoms with Gasteiger partial charge in [-0.1, -0.05) is 6.92 Å². The molecule has 1 aromatic rings. The van der Waals surface area contributed by atoms with E-state index in [2.05, 4.69) is 27.4 Å². The summed E-state index contributed by atoms with van der Waals surface area (Å²) in [6.07, 6.45) is 1.64. The first-order valence-corrected chi connectivity index (χ1v) is 6.99. The molecular weight excluding hydrogens is 256 g/mol. The van der Waals surface area contributed by atoms with E-state index in [9.17, 15) is 4.79 Å². The van der Waals surface area contributed by atoms with Gasteiger partial charge < -0.3 is 15.4 Å². The molecule has 1 aliphatic rings. The van der Waals surface area contributed by atoms with Crippen molar-refractivity contribution in [2.24, 2.45) is 0 Å². The first-order chi connectivity index (χ1) is 9.72. The highest BCUT2D eigenvalue weighted by Crippen LogP contribution is 2.06. The van der Waals surface area contributed by atoms with Crippen LogP contribution in [-0.4, -0.2) is 61.7 Å². The van der Waals surface area contributed by atoms with E-state index in [1.54, 1.807) is 25.4 Å². The van der Waals surface area contributed by atoms with Gasteiger partial charge in [0.25, 0.3) is 5.91 Å². The first kappa shape index (κ1) is 14.7. The molecule has 1 aliphatic heterocycles. The van der Waals surface area contributed by atoms with E-state index in [1.807, 2.05) is 0 Å². The largest absolute Gasteiger partial charge is 0.374 e. The van der Waals surface area contributed by atoms with Crippen molar-refractivity contribution in [1.82, 2.24) is 15.2 Å². The highest BCUT2D eigenvalue weighted by Gasteiger charge is 2.19. The molecule has 0 aromatic carbocycles. The second-order valence-corrected chi connectivity index (χ2v) is 4.78. The zero-order valence-electron chi connectivity index (χ0n) is 12.1. The van der Waals surface area contributed by atoms with Gasteiger partial charge in [-0.15, -0.1) is 0 Å². The molecule has 2 N–H and O–H groups in total. The van der Waals surface area contributed by atoms with E-state index >= 15 is 0 Å². The Morgan fingerprint density at radius 2 is 2.40 bits per heavy atom. The third-order valence-electron chi connectivity index (χ3n) is 3.44. The van der Waals surface area contributed by atoms with Gasteiger partial charge in [-0.3, -0.25) is 9.69 Å². The number of hydrogen-bond acceptors (Lipinski definition) is 5. The maximum absolute atomic E-state index is 12.0. The summed E-state index contributed by atoms with van der Waals surface area (Å²) >= 11 is 0. The van der Waals surface area contributed by atoms with Crippen LogP contribution in [0.5, 0.6) is 0 Å². The number of nitrogens with zero attached hydrogens (tertiary/aromatic N) is 2. The molecular formula is C14H22N4O2. The average molecular weight is 278 g/mol. The summed E-state index contributed by atoms with van der Waals surface area (Å²) in [7, 11) is 1.79. The van der Waals surface area contributed by atoms with Crippen LogP contribution in [0.4, 0.5) is 5.82 Å². The quantitative estimate of drug-likeness (QED) is 0.824. The molecule has 2 rings (SSSR count). The smallest absolute Gasteiger partial charge is 0.252 e. The number of anilines is 1. The van der Waals surface area contributed by atoms with E-state index in [-0.39, 0.29) is 12.0 Å². The zero-order valence-corrected chi connectivity index (χ0v) is 12.1. The SMILES string of the molecule is CCN1CCOC(CNC(=O)c2ccc(NC)nc2)C1. The molecule has 2 heterocycles. The van der Waals surface area contributed by atoms with Crippen molar-refractivity contribution in [3.63, 3.8) is 0 Å². The van der Waals surface area contributed by atoms with Crippen molar-refractivity contribution in [3.05, 3.63) is 23.9 Å². The summed E-state index contributed by atoms with van der Waals surface area (Å²) in [6.45, 7) is 6.25. The minimum absolute atomic E-state index is 0.0668. The second kappa shape index (κ2) is 7.21. The van der Waals surface area contributed by atoms with E-state index < -0.39 is 0 Å². The van der Waals surface area contributed by atoms with E-state index in [0.29, 0.717) is 12.1 Å². The Kier molecular flexibility index (Phi) is 5.31. The highest BCUT2D eigenvalue weighted by molar-refractivity contribution is 5.94. The van der Waals surface area contributed by atoms with Crippen molar-refractivity contribution >= 4 is 11.7 Å². The number of rotatable bonds is 5. The summed E-state index contributed by atoms with van der Waals surface area (Å²) in [5.74, 6) is 0.633. The topological polar surface area (TPSA) is 66.5 Å². The summed E-state index contributed by atoms with van der Waals surface area (Å²) < 4.78 is 5.65. The Hall–Kier alpha value is -1.66. The fourth-order valence-electron chi connectivity index (χ4n) is 2.18. The fourth-order valence-corrected chi connectivity index (χ4v) is 2.18. The zero-order chi connectivity index (χ0) is 14.4. The number of likely N-dealkylation sites (N-methyl/N-ethyl adjacent to an activating group) is 1. The number of carbonyl (C=O) groups excluding carboxylic acids is 1. The predicted molar refractivity (Wildman–Crippen MR) is 78.0 cm³/mol. The van der Waals surface area contributed by atoms with Gasteiger partial charge in [0.1, 0.15) is 5.82 Å². The third kappa shape index (κ3) is 3.91. The number of amides is 1. The molecule has 6 nitrogen and oxygen atoms in total. The molecule has 110 valence electrons.